The number of amides is 4. The third kappa shape index (κ3) is 4.46. The van der Waals surface area contributed by atoms with Crippen molar-refractivity contribution in [1.29, 1.82) is 0 Å². The Hall–Kier alpha value is -2.77. The van der Waals surface area contributed by atoms with E-state index in [0.717, 1.165) is 61.8 Å². The van der Waals surface area contributed by atoms with Gasteiger partial charge >= 0.3 is 6.03 Å². The number of nitrogens with one attached hydrogen (secondary N) is 1. The highest BCUT2D eigenvalue weighted by atomic mass is 16.7. The van der Waals surface area contributed by atoms with Gasteiger partial charge in [0.25, 0.3) is 5.91 Å². The molecule has 4 amide bonds. The van der Waals surface area contributed by atoms with E-state index in [0.29, 0.717) is 17.9 Å². The van der Waals surface area contributed by atoms with Crippen LogP contribution in [0.5, 0.6) is 11.5 Å². The number of benzene rings is 1. The van der Waals surface area contributed by atoms with Crippen LogP contribution in [0.1, 0.15) is 76.7 Å². The SMILES string of the molecule is CC1(Cc2ccc3c(c2)OCO3)NC(=O)N(CC(=O)N(C2CCCCC2)C2CCCCC2)C1=O. The van der Waals surface area contributed by atoms with Crippen LogP contribution in [0.3, 0.4) is 0 Å². The number of carbonyl (C=O) groups excluding carboxylic acids is 3. The van der Waals surface area contributed by atoms with Crippen molar-refractivity contribution >= 4 is 17.8 Å². The van der Waals surface area contributed by atoms with Crippen LogP contribution in [0.15, 0.2) is 18.2 Å². The van der Waals surface area contributed by atoms with E-state index in [9.17, 15) is 14.4 Å². The summed E-state index contributed by atoms with van der Waals surface area (Å²) < 4.78 is 10.8. The number of fused-ring (bicyclic) bond motifs is 1. The van der Waals surface area contributed by atoms with Gasteiger partial charge in [-0.25, -0.2) is 4.79 Å². The van der Waals surface area contributed by atoms with Gasteiger partial charge in [0.05, 0.1) is 0 Å². The summed E-state index contributed by atoms with van der Waals surface area (Å²) in [6, 6.07) is 5.49. The molecule has 1 atom stereocenters. The fourth-order valence-electron chi connectivity index (χ4n) is 6.11. The second-order valence-corrected chi connectivity index (χ2v) is 10.4. The Bertz CT molecular complexity index is 936. The van der Waals surface area contributed by atoms with Gasteiger partial charge in [0.2, 0.25) is 12.7 Å². The molecule has 0 radical (unpaired) electrons. The summed E-state index contributed by atoms with van der Waals surface area (Å²) in [6.07, 6.45) is 11.4. The van der Waals surface area contributed by atoms with E-state index in [4.69, 9.17) is 9.47 Å². The quantitative estimate of drug-likeness (QED) is 0.641. The summed E-state index contributed by atoms with van der Waals surface area (Å²) in [6.45, 7) is 1.72. The summed E-state index contributed by atoms with van der Waals surface area (Å²) in [7, 11) is 0. The molecule has 2 aliphatic carbocycles. The molecule has 4 aliphatic rings. The second kappa shape index (κ2) is 9.47. The minimum absolute atomic E-state index is 0.0883. The third-order valence-electron chi connectivity index (χ3n) is 7.86. The van der Waals surface area contributed by atoms with Crippen LogP contribution < -0.4 is 14.8 Å². The van der Waals surface area contributed by atoms with Crippen molar-refractivity contribution in [3.63, 3.8) is 0 Å². The normalized spacial score (nSPS) is 25.5. The number of hydrogen-bond acceptors (Lipinski definition) is 5. The average molecular weight is 470 g/mol. The molecule has 1 aromatic carbocycles. The molecule has 1 unspecified atom stereocenters. The first-order valence-corrected chi connectivity index (χ1v) is 12.8. The summed E-state index contributed by atoms with van der Waals surface area (Å²) in [5.74, 6) is 0.874. The Labute approximate surface area is 200 Å². The first-order valence-electron chi connectivity index (χ1n) is 12.8. The predicted octanol–water partition coefficient (Wildman–Crippen LogP) is 3.76. The second-order valence-electron chi connectivity index (χ2n) is 10.4. The lowest BCUT2D eigenvalue weighted by Gasteiger charge is -2.42. The molecule has 0 aromatic heterocycles. The van der Waals surface area contributed by atoms with E-state index < -0.39 is 11.6 Å². The maximum Gasteiger partial charge on any atom is 0.325 e. The van der Waals surface area contributed by atoms with Crippen LogP contribution in [-0.4, -0.2) is 58.6 Å². The van der Waals surface area contributed by atoms with Crippen molar-refractivity contribution in [2.24, 2.45) is 0 Å². The number of hydrogen-bond donors (Lipinski definition) is 1. The molecule has 1 saturated heterocycles. The fraction of sp³-hybridized carbons (Fsp3) is 0.654. The van der Waals surface area contributed by atoms with E-state index in [2.05, 4.69) is 10.2 Å². The van der Waals surface area contributed by atoms with Crippen LogP contribution >= 0.6 is 0 Å². The molecule has 3 fully saturated rings. The molecular formula is C26H35N3O5. The van der Waals surface area contributed by atoms with Gasteiger partial charge in [0.1, 0.15) is 12.1 Å². The van der Waals surface area contributed by atoms with Crippen molar-refractivity contribution < 1.29 is 23.9 Å². The Morgan fingerprint density at radius 3 is 2.26 bits per heavy atom. The highest BCUT2D eigenvalue weighted by Gasteiger charge is 2.49. The third-order valence-corrected chi connectivity index (χ3v) is 7.86. The van der Waals surface area contributed by atoms with E-state index in [-0.39, 0.29) is 37.2 Å². The summed E-state index contributed by atoms with van der Waals surface area (Å²) in [5.41, 5.74) is -0.245. The predicted molar refractivity (Wildman–Crippen MR) is 126 cm³/mol. The summed E-state index contributed by atoms with van der Waals surface area (Å²) >= 11 is 0. The van der Waals surface area contributed by atoms with Gasteiger partial charge in [-0.2, -0.15) is 0 Å². The highest BCUT2D eigenvalue weighted by Crippen LogP contribution is 2.35. The van der Waals surface area contributed by atoms with Crippen LogP contribution in [-0.2, 0) is 16.0 Å². The van der Waals surface area contributed by atoms with Gasteiger partial charge < -0.3 is 19.7 Å². The number of urea groups is 1. The zero-order chi connectivity index (χ0) is 23.7. The maximum atomic E-state index is 13.6. The molecule has 5 rings (SSSR count). The van der Waals surface area contributed by atoms with Crippen LogP contribution in [0.2, 0.25) is 0 Å². The molecule has 1 aromatic rings. The molecule has 1 N–H and O–H groups in total. The van der Waals surface area contributed by atoms with Gasteiger partial charge in [0, 0.05) is 18.5 Å². The first kappa shape index (κ1) is 23.0. The van der Waals surface area contributed by atoms with Gasteiger partial charge in [-0.15, -0.1) is 0 Å². The Balaban J connectivity index is 1.30. The van der Waals surface area contributed by atoms with Crippen molar-refractivity contribution in [1.82, 2.24) is 15.1 Å². The molecule has 8 heteroatoms. The Morgan fingerprint density at radius 1 is 1.00 bits per heavy atom. The van der Waals surface area contributed by atoms with Gasteiger partial charge in [0.15, 0.2) is 11.5 Å². The zero-order valence-corrected chi connectivity index (χ0v) is 20.0. The van der Waals surface area contributed by atoms with Crippen LogP contribution in [0, 0.1) is 0 Å². The summed E-state index contributed by atoms with van der Waals surface area (Å²) in [4.78, 5) is 43.1. The number of imide groups is 1. The van der Waals surface area contributed by atoms with Gasteiger partial charge in [-0.05, 0) is 50.3 Å². The highest BCUT2D eigenvalue weighted by molar-refractivity contribution is 6.09. The minimum atomic E-state index is -1.11. The lowest BCUT2D eigenvalue weighted by Crippen LogP contribution is -2.53. The maximum absolute atomic E-state index is 13.6. The van der Waals surface area contributed by atoms with E-state index in [1.165, 1.54) is 12.8 Å². The van der Waals surface area contributed by atoms with Gasteiger partial charge in [-0.1, -0.05) is 44.6 Å². The lowest BCUT2D eigenvalue weighted by molar-refractivity contribution is -0.143. The molecular weight excluding hydrogens is 434 g/mol. The molecule has 2 aliphatic heterocycles. The Kier molecular flexibility index (Phi) is 6.40. The molecule has 8 nitrogen and oxygen atoms in total. The molecule has 184 valence electrons. The molecule has 2 heterocycles. The van der Waals surface area contributed by atoms with E-state index in [1.807, 2.05) is 18.2 Å². The van der Waals surface area contributed by atoms with Crippen LogP contribution in [0.25, 0.3) is 0 Å². The number of rotatable bonds is 6. The minimum Gasteiger partial charge on any atom is -0.454 e. The van der Waals surface area contributed by atoms with Crippen molar-refractivity contribution in [2.45, 2.75) is 95.2 Å². The number of nitrogens with zero attached hydrogens (tertiary/aromatic N) is 2. The van der Waals surface area contributed by atoms with Crippen molar-refractivity contribution in [2.75, 3.05) is 13.3 Å². The standard InChI is InChI=1S/C26H35N3O5/c1-26(15-18-12-13-21-22(14-18)34-17-33-21)24(31)28(25(32)27-26)16-23(30)29(19-8-4-2-5-9-19)20-10-6-3-7-11-20/h12-14,19-20H,2-11,15-17H2,1H3,(H,27,32). The molecule has 34 heavy (non-hydrogen) atoms. The molecule has 0 spiro atoms. The van der Waals surface area contributed by atoms with Crippen molar-refractivity contribution in [3.8, 4) is 11.5 Å². The fourth-order valence-corrected chi connectivity index (χ4v) is 6.11. The zero-order valence-electron chi connectivity index (χ0n) is 20.0. The van der Waals surface area contributed by atoms with E-state index in [1.54, 1.807) is 6.92 Å². The average Bonchev–Trinajstić information content (AvgIpc) is 3.38. The van der Waals surface area contributed by atoms with E-state index >= 15 is 0 Å². The number of carbonyl (C=O) groups is 3. The monoisotopic (exact) mass is 469 g/mol. The largest absolute Gasteiger partial charge is 0.454 e. The lowest BCUT2D eigenvalue weighted by atomic mass is 9.88. The summed E-state index contributed by atoms with van der Waals surface area (Å²) in [5, 5.41) is 2.84. The molecule has 2 saturated carbocycles. The van der Waals surface area contributed by atoms with Crippen LogP contribution in [0.4, 0.5) is 4.79 Å². The van der Waals surface area contributed by atoms with Gasteiger partial charge in [-0.3, -0.25) is 14.5 Å². The van der Waals surface area contributed by atoms with Crippen molar-refractivity contribution in [3.05, 3.63) is 23.8 Å². The Morgan fingerprint density at radius 2 is 1.62 bits per heavy atom. The number of ether oxygens (including phenoxy) is 2. The molecule has 0 bridgehead atoms. The topological polar surface area (TPSA) is 88.2 Å². The first-order chi connectivity index (χ1) is 16.4. The smallest absolute Gasteiger partial charge is 0.325 e.